The van der Waals surface area contributed by atoms with Gasteiger partial charge in [0.25, 0.3) is 11.6 Å². The van der Waals surface area contributed by atoms with Gasteiger partial charge in [-0.25, -0.2) is 9.80 Å². The number of non-ortho nitro benzene ring substituents is 1. The van der Waals surface area contributed by atoms with Crippen LogP contribution in [-0.2, 0) is 9.53 Å². The van der Waals surface area contributed by atoms with Crippen LogP contribution >= 0.6 is 11.6 Å². The van der Waals surface area contributed by atoms with E-state index >= 15 is 0 Å². The van der Waals surface area contributed by atoms with Crippen LogP contribution in [0.5, 0.6) is 0 Å². The van der Waals surface area contributed by atoms with Gasteiger partial charge < -0.3 is 9.15 Å². The minimum atomic E-state index is -0.849. The number of esters is 1. The Morgan fingerprint density at radius 1 is 1.19 bits per heavy atom. The van der Waals surface area contributed by atoms with Gasteiger partial charge in [-0.1, -0.05) is 29.8 Å². The molecule has 0 radical (unpaired) electrons. The highest BCUT2D eigenvalue weighted by Crippen LogP contribution is 2.33. The summed E-state index contributed by atoms with van der Waals surface area (Å²) in [6, 6.07) is 15.1. The lowest BCUT2D eigenvalue weighted by Gasteiger charge is -2.19. The Morgan fingerprint density at radius 2 is 1.97 bits per heavy atom. The number of benzene rings is 2. The van der Waals surface area contributed by atoms with Gasteiger partial charge in [0.1, 0.15) is 11.8 Å². The molecule has 2 heterocycles. The van der Waals surface area contributed by atoms with Gasteiger partial charge in [0.15, 0.2) is 6.61 Å². The number of rotatable bonds is 6. The number of ether oxygens (including phenoxy) is 1. The van der Waals surface area contributed by atoms with E-state index < -0.39 is 29.4 Å². The molecule has 0 saturated carbocycles. The van der Waals surface area contributed by atoms with E-state index in [0.29, 0.717) is 22.9 Å². The van der Waals surface area contributed by atoms with Crippen molar-refractivity contribution in [1.29, 1.82) is 0 Å². The van der Waals surface area contributed by atoms with E-state index in [9.17, 15) is 19.7 Å². The summed E-state index contributed by atoms with van der Waals surface area (Å²) in [4.78, 5) is 35.4. The highest BCUT2D eigenvalue weighted by Gasteiger charge is 2.35. The van der Waals surface area contributed by atoms with Gasteiger partial charge in [-0.3, -0.25) is 14.9 Å². The summed E-state index contributed by atoms with van der Waals surface area (Å²) in [7, 11) is 0. The van der Waals surface area contributed by atoms with E-state index in [4.69, 9.17) is 20.8 Å². The monoisotopic (exact) mass is 453 g/mol. The number of furan rings is 1. The zero-order valence-electron chi connectivity index (χ0n) is 16.5. The Morgan fingerprint density at radius 3 is 2.66 bits per heavy atom. The van der Waals surface area contributed by atoms with Crippen molar-refractivity contribution < 1.29 is 23.7 Å². The van der Waals surface area contributed by atoms with Gasteiger partial charge in [-0.2, -0.15) is 5.10 Å². The first-order chi connectivity index (χ1) is 15.4. The van der Waals surface area contributed by atoms with Crippen LogP contribution in [0.4, 0.5) is 5.69 Å². The summed E-state index contributed by atoms with van der Waals surface area (Å²) < 4.78 is 10.6. The third kappa shape index (κ3) is 4.52. The molecule has 0 bridgehead atoms. The molecule has 1 aliphatic heterocycles. The zero-order chi connectivity index (χ0) is 22.7. The molecule has 1 aliphatic rings. The molecule has 10 heteroatoms. The van der Waals surface area contributed by atoms with E-state index in [0.717, 1.165) is 11.6 Å². The number of halogens is 1. The second-order valence-electron chi connectivity index (χ2n) is 6.91. The van der Waals surface area contributed by atoms with Crippen molar-refractivity contribution >= 4 is 34.9 Å². The topological polar surface area (TPSA) is 115 Å². The number of nitro groups is 1. The summed E-state index contributed by atoms with van der Waals surface area (Å²) in [5.74, 6) is -0.872. The third-order valence-electron chi connectivity index (χ3n) is 4.83. The molecule has 0 spiro atoms. The fraction of sp³-hybridized carbons (Fsp3) is 0.136. The van der Waals surface area contributed by atoms with Crippen molar-refractivity contribution in [2.45, 2.75) is 12.5 Å². The van der Waals surface area contributed by atoms with Gasteiger partial charge >= 0.3 is 5.97 Å². The molecular formula is C22H16ClN3O6. The van der Waals surface area contributed by atoms with Crippen molar-refractivity contribution in [2.24, 2.45) is 5.10 Å². The Bertz CT molecular complexity index is 1190. The first kappa shape index (κ1) is 21.3. The van der Waals surface area contributed by atoms with Crippen molar-refractivity contribution in [2.75, 3.05) is 6.61 Å². The lowest BCUT2D eigenvalue weighted by atomic mass is 10.0. The van der Waals surface area contributed by atoms with Crippen LogP contribution in [0.1, 0.15) is 34.1 Å². The molecule has 1 unspecified atom stereocenters. The number of hydrogen-bond donors (Lipinski definition) is 0. The molecule has 0 aliphatic carbocycles. The molecule has 162 valence electrons. The van der Waals surface area contributed by atoms with Crippen LogP contribution in [0.25, 0.3) is 0 Å². The summed E-state index contributed by atoms with van der Waals surface area (Å²) in [6.07, 6.45) is 1.90. The largest absolute Gasteiger partial charge is 0.467 e. The standard InChI is InChI=1S/C22H16ClN3O6/c23-16-8-6-14(7-9-16)18-12-19(20-5-2-10-31-20)25(24-18)21(27)13-32-22(28)15-3-1-4-17(11-15)26(29)30/h1-11,19H,12-13H2. The minimum Gasteiger partial charge on any atom is -0.467 e. The number of nitrogens with zero attached hydrogens (tertiary/aromatic N) is 3. The molecule has 2 aromatic carbocycles. The van der Waals surface area contributed by atoms with Gasteiger partial charge in [-0.15, -0.1) is 0 Å². The fourth-order valence-corrected chi connectivity index (χ4v) is 3.41. The molecule has 1 atom stereocenters. The first-order valence-corrected chi connectivity index (χ1v) is 9.90. The van der Waals surface area contributed by atoms with Gasteiger partial charge in [-0.05, 0) is 35.9 Å². The fourth-order valence-electron chi connectivity index (χ4n) is 3.28. The Balaban J connectivity index is 1.50. The number of hydrazone groups is 1. The molecule has 3 aromatic rings. The third-order valence-corrected chi connectivity index (χ3v) is 5.09. The Hall–Kier alpha value is -3.98. The average Bonchev–Trinajstić information content (AvgIpc) is 3.48. The summed E-state index contributed by atoms with van der Waals surface area (Å²) in [6.45, 7) is -0.587. The van der Waals surface area contributed by atoms with E-state index in [2.05, 4.69) is 5.10 Å². The molecule has 4 rings (SSSR count). The predicted molar refractivity (Wildman–Crippen MR) is 114 cm³/mol. The van der Waals surface area contributed by atoms with Crippen molar-refractivity contribution in [3.8, 4) is 0 Å². The molecule has 32 heavy (non-hydrogen) atoms. The van der Waals surface area contributed by atoms with Crippen molar-refractivity contribution in [3.63, 3.8) is 0 Å². The summed E-state index contributed by atoms with van der Waals surface area (Å²) in [5, 5.41) is 17.1. The SMILES string of the molecule is O=C(OCC(=O)N1N=C(c2ccc(Cl)cc2)CC1c1ccco1)c1cccc([N+](=O)[O-])c1. The predicted octanol–water partition coefficient (Wildman–Crippen LogP) is 4.38. The van der Waals surface area contributed by atoms with Gasteiger partial charge in [0, 0.05) is 23.6 Å². The Labute approximate surface area is 187 Å². The number of carbonyl (C=O) groups excluding carboxylic acids is 2. The maximum Gasteiger partial charge on any atom is 0.338 e. The van der Waals surface area contributed by atoms with Crippen LogP contribution in [0, 0.1) is 10.1 Å². The molecule has 0 saturated heterocycles. The highest BCUT2D eigenvalue weighted by atomic mass is 35.5. The van der Waals surface area contributed by atoms with E-state index in [-0.39, 0.29) is 11.3 Å². The highest BCUT2D eigenvalue weighted by molar-refractivity contribution is 6.30. The Kier molecular flexibility index (Phi) is 6.00. The lowest BCUT2D eigenvalue weighted by molar-refractivity contribution is -0.384. The van der Waals surface area contributed by atoms with Crippen LogP contribution < -0.4 is 0 Å². The number of hydrogen-bond acceptors (Lipinski definition) is 7. The molecule has 9 nitrogen and oxygen atoms in total. The number of carbonyl (C=O) groups is 2. The molecule has 0 fully saturated rings. The quantitative estimate of drug-likeness (QED) is 0.311. The smallest absolute Gasteiger partial charge is 0.338 e. The second-order valence-corrected chi connectivity index (χ2v) is 7.35. The van der Waals surface area contributed by atoms with Crippen LogP contribution in [-0.4, -0.2) is 34.1 Å². The van der Waals surface area contributed by atoms with Crippen LogP contribution in [0.3, 0.4) is 0 Å². The molecule has 1 aromatic heterocycles. The minimum absolute atomic E-state index is 0.0265. The van der Waals surface area contributed by atoms with Gasteiger partial charge in [0.2, 0.25) is 0 Å². The number of nitro benzene ring substituents is 1. The van der Waals surface area contributed by atoms with Crippen LogP contribution in [0.15, 0.2) is 76.4 Å². The van der Waals surface area contributed by atoms with E-state index in [1.165, 1.54) is 29.5 Å². The van der Waals surface area contributed by atoms with Crippen LogP contribution in [0.2, 0.25) is 5.02 Å². The second kappa shape index (κ2) is 9.03. The van der Waals surface area contributed by atoms with Crippen molar-refractivity contribution in [3.05, 3.63) is 99.0 Å². The maximum atomic E-state index is 12.9. The zero-order valence-corrected chi connectivity index (χ0v) is 17.3. The summed E-state index contributed by atoms with van der Waals surface area (Å²) in [5.41, 5.74) is 1.18. The maximum absolute atomic E-state index is 12.9. The molecule has 1 amide bonds. The van der Waals surface area contributed by atoms with E-state index in [1.54, 1.807) is 36.4 Å². The first-order valence-electron chi connectivity index (χ1n) is 9.53. The molecular weight excluding hydrogens is 438 g/mol. The average molecular weight is 454 g/mol. The molecule has 0 N–H and O–H groups in total. The number of amides is 1. The lowest BCUT2D eigenvalue weighted by Crippen LogP contribution is -2.31. The van der Waals surface area contributed by atoms with Crippen molar-refractivity contribution in [1.82, 2.24) is 5.01 Å². The summed E-state index contributed by atoms with van der Waals surface area (Å²) >= 11 is 5.95. The normalized spacial score (nSPS) is 15.3. The van der Waals surface area contributed by atoms with Gasteiger partial charge in [0.05, 0.1) is 22.5 Å². The van der Waals surface area contributed by atoms with E-state index in [1.807, 2.05) is 0 Å².